The highest BCUT2D eigenvalue weighted by Crippen LogP contribution is 2.39. The molecule has 1 aliphatic heterocycles. The fraction of sp³-hybridized carbons (Fsp3) is 0.600. The van der Waals surface area contributed by atoms with E-state index < -0.39 is 0 Å². The molecule has 1 aromatic carbocycles. The van der Waals surface area contributed by atoms with Crippen LogP contribution in [0.15, 0.2) is 12.1 Å². The van der Waals surface area contributed by atoms with E-state index in [1.807, 2.05) is 12.1 Å². The van der Waals surface area contributed by atoms with E-state index in [0.717, 1.165) is 23.8 Å². The Labute approximate surface area is 120 Å². The van der Waals surface area contributed by atoms with Crippen molar-refractivity contribution in [2.75, 3.05) is 6.79 Å². The number of fused-ring (bicyclic) bond motifs is 1. The van der Waals surface area contributed by atoms with Gasteiger partial charge in [0, 0.05) is 12.6 Å². The van der Waals surface area contributed by atoms with Crippen molar-refractivity contribution in [3.63, 3.8) is 0 Å². The predicted molar refractivity (Wildman–Crippen MR) is 77.9 cm³/mol. The molecule has 3 nitrogen and oxygen atoms in total. The van der Waals surface area contributed by atoms with Crippen LogP contribution < -0.4 is 14.8 Å². The van der Waals surface area contributed by atoms with Crippen LogP contribution >= 0.6 is 11.6 Å². The fourth-order valence-corrected chi connectivity index (χ4v) is 2.39. The minimum Gasteiger partial charge on any atom is -0.454 e. The normalized spacial score (nSPS) is 15.0. The number of benzene rings is 1. The van der Waals surface area contributed by atoms with E-state index in [-0.39, 0.29) is 6.79 Å². The zero-order valence-corrected chi connectivity index (χ0v) is 12.6. The molecule has 1 aromatic rings. The molecule has 1 unspecified atom stereocenters. The van der Waals surface area contributed by atoms with Gasteiger partial charge in [-0.2, -0.15) is 0 Å². The summed E-state index contributed by atoms with van der Waals surface area (Å²) in [4.78, 5) is 0. The van der Waals surface area contributed by atoms with Crippen molar-refractivity contribution < 1.29 is 9.47 Å². The molecule has 4 heteroatoms. The molecule has 0 aliphatic carbocycles. The Morgan fingerprint density at radius 1 is 1.21 bits per heavy atom. The number of rotatable bonds is 6. The largest absolute Gasteiger partial charge is 0.454 e. The van der Waals surface area contributed by atoms with Gasteiger partial charge in [0.1, 0.15) is 0 Å². The first-order chi connectivity index (χ1) is 9.06. The zero-order chi connectivity index (χ0) is 13.8. The van der Waals surface area contributed by atoms with Crippen LogP contribution in [0.4, 0.5) is 0 Å². The monoisotopic (exact) mass is 283 g/mol. The molecule has 0 bridgehead atoms. The van der Waals surface area contributed by atoms with Gasteiger partial charge in [0.2, 0.25) is 6.79 Å². The van der Waals surface area contributed by atoms with Gasteiger partial charge in [-0.1, -0.05) is 25.4 Å². The number of halogens is 1. The molecule has 0 saturated carbocycles. The maximum Gasteiger partial charge on any atom is 0.231 e. The summed E-state index contributed by atoms with van der Waals surface area (Å²) in [5, 5.41) is 4.14. The van der Waals surface area contributed by atoms with E-state index >= 15 is 0 Å². The van der Waals surface area contributed by atoms with E-state index in [4.69, 9.17) is 21.1 Å². The van der Waals surface area contributed by atoms with E-state index in [2.05, 4.69) is 26.1 Å². The molecule has 2 rings (SSSR count). The highest BCUT2D eigenvalue weighted by molar-refractivity contribution is 6.32. The number of ether oxygens (including phenoxy) is 2. The second-order valence-electron chi connectivity index (χ2n) is 5.56. The third-order valence-corrected chi connectivity index (χ3v) is 3.60. The summed E-state index contributed by atoms with van der Waals surface area (Å²) in [6.45, 7) is 7.79. The molecule has 19 heavy (non-hydrogen) atoms. The van der Waals surface area contributed by atoms with Crippen molar-refractivity contribution >= 4 is 11.6 Å². The van der Waals surface area contributed by atoms with Crippen LogP contribution in [0.2, 0.25) is 5.02 Å². The zero-order valence-electron chi connectivity index (χ0n) is 11.8. The Hall–Kier alpha value is -0.930. The summed E-state index contributed by atoms with van der Waals surface area (Å²) < 4.78 is 10.7. The van der Waals surface area contributed by atoms with Crippen molar-refractivity contribution in [2.45, 2.75) is 46.2 Å². The van der Waals surface area contributed by atoms with Crippen LogP contribution in [0, 0.1) is 5.92 Å². The number of hydrogen-bond donors (Lipinski definition) is 1. The molecule has 1 aliphatic rings. The van der Waals surface area contributed by atoms with E-state index in [1.165, 1.54) is 12.8 Å². The predicted octanol–water partition coefficient (Wildman–Crippen LogP) is 3.98. The van der Waals surface area contributed by atoms with Gasteiger partial charge in [-0.3, -0.25) is 0 Å². The topological polar surface area (TPSA) is 30.5 Å². The van der Waals surface area contributed by atoms with Crippen LogP contribution in [-0.4, -0.2) is 12.8 Å². The van der Waals surface area contributed by atoms with Crippen molar-refractivity contribution in [3.8, 4) is 11.5 Å². The Balaban J connectivity index is 1.88. The quantitative estimate of drug-likeness (QED) is 0.856. The molecule has 0 amide bonds. The van der Waals surface area contributed by atoms with Crippen LogP contribution in [0.25, 0.3) is 0 Å². The second kappa shape index (κ2) is 6.49. The van der Waals surface area contributed by atoms with Crippen LogP contribution in [0.5, 0.6) is 11.5 Å². The van der Waals surface area contributed by atoms with Crippen LogP contribution in [-0.2, 0) is 6.54 Å². The lowest BCUT2D eigenvalue weighted by Gasteiger charge is -2.15. The van der Waals surface area contributed by atoms with Crippen LogP contribution in [0.3, 0.4) is 0 Å². The molecular weight excluding hydrogens is 262 g/mol. The van der Waals surface area contributed by atoms with Crippen molar-refractivity contribution in [1.29, 1.82) is 0 Å². The summed E-state index contributed by atoms with van der Waals surface area (Å²) in [6.07, 6.45) is 2.44. The fourth-order valence-electron chi connectivity index (χ4n) is 2.10. The standard InChI is InChI=1S/C15H22ClNO2/c1-10(2)4-5-11(3)17-8-12-6-13(16)15-14(7-12)18-9-19-15/h6-7,10-11,17H,4-5,8-9H2,1-3H3. The lowest BCUT2D eigenvalue weighted by molar-refractivity contribution is 0.174. The van der Waals surface area contributed by atoms with Crippen molar-refractivity contribution in [1.82, 2.24) is 5.32 Å². The van der Waals surface area contributed by atoms with Gasteiger partial charge in [0.25, 0.3) is 0 Å². The van der Waals surface area contributed by atoms with Gasteiger partial charge < -0.3 is 14.8 Å². The summed E-state index contributed by atoms with van der Waals surface area (Å²) >= 11 is 6.16. The van der Waals surface area contributed by atoms with Gasteiger partial charge in [0.15, 0.2) is 11.5 Å². The molecular formula is C15H22ClNO2. The maximum absolute atomic E-state index is 6.16. The molecule has 0 radical (unpaired) electrons. The minimum absolute atomic E-state index is 0.261. The average molecular weight is 284 g/mol. The lowest BCUT2D eigenvalue weighted by Crippen LogP contribution is -2.25. The molecule has 0 saturated heterocycles. The molecule has 1 heterocycles. The molecule has 0 aromatic heterocycles. The molecule has 0 fully saturated rings. The Bertz CT molecular complexity index is 434. The van der Waals surface area contributed by atoms with E-state index in [9.17, 15) is 0 Å². The van der Waals surface area contributed by atoms with Gasteiger partial charge in [-0.15, -0.1) is 0 Å². The first kappa shape index (κ1) is 14.5. The number of nitrogens with one attached hydrogen (secondary N) is 1. The highest BCUT2D eigenvalue weighted by atomic mass is 35.5. The number of hydrogen-bond acceptors (Lipinski definition) is 3. The minimum atomic E-state index is 0.261. The van der Waals surface area contributed by atoms with E-state index in [0.29, 0.717) is 16.8 Å². The molecule has 106 valence electrons. The smallest absolute Gasteiger partial charge is 0.231 e. The Morgan fingerprint density at radius 3 is 2.74 bits per heavy atom. The van der Waals surface area contributed by atoms with Crippen LogP contribution in [0.1, 0.15) is 39.2 Å². The van der Waals surface area contributed by atoms with Crippen molar-refractivity contribution in [2.24, 2.45) is 5.92 Å². The molecule has 0 spiro atoms. The average Bonchev–Trinajstić information content (AvgIpc) is 2.82. The first-order valence-electron chi connectivity index (χ1n) is 6.87. The van der Waals surface area contributed by atoms with Gasteiger partial charge in [-0.25, -0.2) is 0 Å². The SMILES string of the molecule is CC(C)CCC(C)NCc1cc(Cl)c2c(c1)OCO2. The summed E-state index contributed by atoms with van der Waals surface area (Å²) in [7, 11) is 0. The van der Waals surface area contributed by atoms with Gasteiger partial charge >= 0.3 is 0 Å². The second-order valence-corrected chi connectivity index (χ2v) is 5.97. The molecule has 1 atom stereocenters. The third kappa shape index (κ3) is 4.02. The Morgan fingerprint density at radius 2 is 2.00 bits per heavy atom. The Kier molecular flexibility index (Phi) is 4.94. The summed E-state index contributed by atoms with van der Waals surface area (Å²) in [5.41, 5.74) is 1.13. The maximum atomic E-state index is 6.16. The summed E-state index contributed by atoms with van der Waals surface area (Å²) in [6, 6.07) is 4.44. The van der Waals surface area contributed by atoms with Gasteiger partial charge in [0.05, 0.1) is 5.02 Å². The highest BCUT2D eigenvalue weighted by Gasteiger charge is 2.18. The van der Waals surface area contributed by atoms with Gasteiger partial charge in [-0.05, 0) is 43.4 Å². The van der Waals surface area contributed by atoms with E-state index in [1.54, 1.807) is 0 Å². The lowest BCUT2D eigenvalue weighted by atomic mass is 10.0. The molecule has 1 N–H and O–H groups in total. The third-order valence-electron chi connectivity index (χ3n) is 3.32. The van der Waals surface area contributed by atoms with Crippen molar-refractivity contribution in [3.05, 3.63) is 22.7 Å². The summed E-state index contributed by atoms with van der Waals surface area (Å²) in [5.74, 6) is 2.17. The first-order valence-corrected chi connectivity index (χ1v) is 7.25.